The smallest absolute Gasteiger partial charge is 0.272 e. The summed E-state index contributed by atoms with van der Waals surface area (Å²) in [5.41, 5.74) is 1.67. The van der Waals surface area contributed by atoms with Crippen LogP contribution in [-0.4, -0.2) is 61.6 Å². The maximum atomic E-state index is 13.3. The first-order valence-electron chi connectivity index (χ1n) is 11.1. The number of rotatable bonds is 9. The van der Waals surface area contributed by atoms with Crippen LogP contribution in [0.1, 0.15) is 58.8 Å². The van der Waals surface area contributed by atoms with E-state index in [0.717, 1.165) is 18.4 Å². The van der Waals surface area contributed by atoms with E-state index in [1.807, 2.05) is 17.0 Å². The Morgan fingerprint density at radius 2 is 2.00 bits per heavy atom. The molecule has 8 nitrogen and oxygen atoms in total. The molecule has 1 aromatic heterocycles. The molecule has 0 unspecified atom stereocenters. The number of hydrogen-bond donors (Lipinski definition) is 3. The number of aryl methyl sites for hydroxylation is 1. The summed E-state index contributed by atoms with van der Waals surface area (Å²) in [6, 6.07) is 7.29. The van der Waals surface area contributed by atoms with Gasteiger partial charge in [-0.05, 0) is 50.8 Å². The summed E-state index contributed by atoms with van der Waals surface area (Å²) >= 11 is 7.53. The Bertz CT molecular complexity index is 1040. The minimum absolute atomic E-state index is 0.0181. The van der Waals surface area contributed by atoms with Crippen LogP contribution >= 0.6 is 23.5 Å². The number of aromatic nitrogens is 2. The average molecular weight is 492 g/mol. The Morgan fingerprint density at radius 1 is 1.30 bits per heavy atom. The second-order valence-electron chi connectivity index (χ2n) is 9.50. The number of carbonyl (C=O) groups excluding carboxylic acids is 2. The summed E-state index contributed by atoms with van der Waals surface area (Å²) in [5, 5.41) is 17.8. The van der Waals surface area contributed by atoms with Crippen LogP contribution < -0.4 is 10.0 Å². The van der Waals surface area contributed by atoms with E-state index in [1.165, 1.54) is 4.68 Å². The maximum absolute atomic E-state index is 13.3. The predicted molar refractivity (Wildman–Crippen MR) is 129 cm³/mol. The van der Waals surface area contributed by atoms with Gasteiger partial charge in [-0.3, -0.25) is 19.0 Å². The van der Waals surface area contributed by atoms with Gasteiger partial charge in [0.15, 0.2) is 5.69 Å². The van der Waals surface area contributed by atoms with Crippen LogP contribution in [0.15, 0.2) is 24.3 Å². The van der Waals surface area contributed by atoms with Crippen molar-refractivity contribution in [3.8, 4) is 0 Å². The summed E-state index contributed by atoms with van der Waals surface area (Å²) in [7, 11) is 1.71. The Labute approximate surface area is 203 Å². The number of amides is 2. The average Bonchev–Trinajstić information content (AvgIpc) is 3.42. The Morgan fingerprint density at radius 3 is 2.64 bits per heavy atom. The van der Waals surface area contributed by atoms with E-state index in [9.17, 15) is 14.7 Å². The van der Waals surface area contributed by atoms with Crippen LogP contribution in [0.25, 0.3) is 0 Å². The van der Waals surface area contributed by atoms with Gasteiger partial charge in [-0.15, -0.1) is 0 Å². The van der Waals surface area contributed by atoms with Crippen LogP contribution in [0, 0.1) is 0 Å². The molecule has 2 amide bonds. The van der Waals surface area contributed by atoms with E-state index in [-0.39, 0.29) is 16.6 Å². The van der Waals surface area contributed by atoms with Gasteiger partial charge in [-0.2, -0.15) is 5.10 Å². The largest absolute Gasteiger partial charge is 0.389 e. The standard InChI is InChI=1S/C23H30ClN5O3S/c1-22(2,32)13-26-33-23(9-10-23)14-29-11-8-17-18(27-28(3)19(17)21(29)31)20(30)25-12-15-4-6-16(24)7-5-15/h4-7,26,32H,8-14H2,1-3H3,(H,25,30). The Hall–Kier alpha value is -2.07. The van der Waals surface area contributed by atoms with E-state index >= 15 is 0 Å². The fraction of sp³-hybridized carbons (Fsp3) is 0.522. The van der Waals surface area contributed by atoms with Crippen molar-refractivity contribution in [2.24, 2.45) is 7.05 Å². The van der Waals surface area contributed by atoms with Gasteiger partial charge in [0.2, 0.25) is 0 Å². The molecule has 0 radical (unpaired) electrons. The molecule has 178 valence electrons. The van der Waals surface area contributed by atoms with Gasteiger partial charge in [0.1, 0.15) is 5.69 Å². The zero-order valence-corrected chi connectivity index (χ0v) is 20.7. The van der Waals surface area contributed by atoms with E-state index in [1.54, 1.807) is 45.0 Å². The van der Waals surface area contributed by atoms with Crippen molar-refractivity contribution in [1.29, 1.82) is 0 Å². The third kappa shape index (κ3) is 5.71. The van der Waals surface area contributed by atoms with Crippen molar-refractivity contribution in [3.05, 3.63) is 51.8 Å². The lowest BCUT2D eigenvalue weighted by atomic mass is 10.0. The SMILES string of the molecule is Cn1nc(C(=O)NCc2ccc(Cl)cc2)c2c1C(=O)N(CC1(SNCC(C)(C)O)CC1)CC2. The monoisotopic (exact) mass is 491 g/mol. The van der Waals surface area contributed by atoms with Gasteiger partial charge in [0, 0.05) is 48.6 Å². The summed E-state index contributed by atoms with van der Waals surface area (Å²) in [6.07, 6.45) is 2.64. The first-order valence-corrected chi connectivity index (χ1v) is 12.3. The Kier molecular flexibility index (Phi) is 6.77. The predicted octanol–water partition coefficient (Wildman–Crippen LogP) is 2.54. The van der Waals surface area contributed by atoms with E-state index in [4.69, 9.17) is 11.6 Å². The van der Waals surface area contributed by atoms with Gasteiger partial charge < -0.3 is 15.3 Å². The van der Waals surface area contributed by atoms with Crippen molar-refractivity contribution >= 4 is 35.4 Å². The lowest BCUT2D eigenvalue weighted by molar-refractivity contribution is 0.0723. The Balaban J connectivity index is 1.40. The molecule has 2 aromatic rings. The second kappa shape index (κ2) is 9.29. The highest BCUT2D eigenvalue weighted by Gasteiger charge is 2.47. The van der Waals surface area contributed by atoms with Gasteiger partial charge in [0.05, 0.1) is 5.60 Å². The maximum Gasteiger partial charge on any atom is 0.272 e. The van der Waals surface area contributed by atoms with E-state index < -0.39 is 5.60 Å². The zero-order chi connectivity index (χ0) is 23.8. The topological polar surface area (TPSA) is 99.5 Å². The third-order valence-electron chi connectivity index (χ3n) is 5.93. The summed E-state index contributed by atoms with van der Waals surface area (Å²) < 4.78 is 4.77. The molecule has 33 heavy (non-hydrogen) atoms. The lowest BCUT2D eigenvalue weighted by Crippen LogP contribution is -2.44. The number of aliphatic hydroxyl groups is 1. The molecule has 0 atom stereocenters. The first kappa shape index (κ1) is 24.1. The van der Waals surface area contributed by atoms with E-state index in [0.29, 0.717) is 54.6 Å². The molecule has 1 aromatic carbocycles. The van der Waals surface area contributed by atoms with Crippen LogP contribution in [0.4, 0.5) is 0 Å². The van der Waals surface area contributed by atoms with Crippen molar-refractivity contribution in [1.82, 2.24) is 24.7 Å². The molecule has 2 heterocycles. The van der Waals surface area contributed by atoms with Crippen LogP contribution in [0.3, 0.4) is 0 Å². The minimum Gasteiger partial charge on any atom is -0.389 e. The van der Waals surface area contributed by atoms with Crippen molar-refractivity contribution in [3.63, 3.8) is 0 Å². The molecule has 3 N–H and O–H groups in total. The van der Waals surface area contributed by atoms with Gasteiger partial charge in [-0.25, -0.2) is 0 Å². The molecule has 0 bridgehead atoms. The number of nitrogens with one attached hydrogen (secondary N) is 2. The molecule has 0 saturated heterocycles. The van der Waals surface area contributed by atoms with Crippen LogP contribution in [0.2, 0.25) is 5.02 Å². The molecular formula is C23H30ClN5O3S. The highest BCUT2D eigenvalue weighted by Crippen LogP contribution is 2.48. The number of hydrogen-bond acceptors (Lipinski definition) is 6. The normalized spacial score (nSPS) is 17.1. The molecule has 1 fully saturated rings. The number of nitrogens with zero attached hydrogens (tertiary/aromatic N) is 3. The van der Waals surface area contributed by atoms with E-state index in [2.05, 4.69) is 15.1 Å². The van der Waals surface area contributed by atoms with Crippen molar-refractivity contribution in [2.75, 3.05) is 19.6 Å². The second-order valence-corrected chi connectivity index (χ2v) is 11.3. The first-order chi connectivity index (χ1) is 15.6. The molecule has 1 saturated carbocycles. The molecule has 1 aliphatic carbocycles. The van der Waals surface area contributed by atoms with Gasteiger partial charge in [0.25, 0.3) is 11.8 Å². The summed E-state index contributed by atoms with van der Waals surface area (Å²) in [5.74, 6) is -0.370. The minimum atomic E-state index is -0.780. The molecule has 1 aliphatic heterocycles. The van der Waals surface area contributed by atoms with Crippen LogP contribution in [0.5, 0.6) is 0 Å². The molecule has 2 aliphatic rings. The number of fused-ring (bicyclic) bond motifs is 1. The van der Waals surface area contributed by atoms with Crippen molar-refractivity contribution < 1.29 is 14.7 Å². The molecule has 4 rings (SSSR count). The summed E-state index contributed by atoms with van der Waals surface area (Å²) in [4.78, 5) is 28.0. The fourth-order valence-electron chi connectivity index (χ4n) is 3.92. The highest BCUT2D eigenvalue weighted by atomic mass is 35.5. The molecular weight excluding hydrogens is 462 g/mol. The zero-order valence-electron chi connectivity index (χ0n) is 19.2. The third-order valence-corrected chi connectivity index (χ3v) is 7.44. The fourth-order valence-corrected chi connectivity index (χ4v) is 5.30. The quantitative estimate of drug-likeness (QED) is 0.466. The van der Waals surface area contributed by atoms with Gasteiger partial charge >= 0.3 is 0 Å². The lowest BCUT2D eigenvalue weighted by Gasteiger charge is -2.31. The number of halogens is 1. The molecule has 10 heteroatoms. The molecule has 0 spiro atoms. The van der Waals surface area contributed by atoms with Gasteiger partial charge in [-0.1, -0.05) is 35.7 Å². The van der Waals surface area contributed by atoms with Crippen LogP contribution in [-0.2, 0) is 20.0 Å². The highest BCUT2D eigenvalue weighted by molar-refractivity contribution is 7.99. The summed E-state index contributed by atoms with van der Waals surface area (Å²) in [6.45, 7) is 5.57. The van der Waals surface area contributed by atoms with Crippen molar-refractivity contribution in [2.45, 2.75) is 50.0 Å². The number of benzene rings is 1. The number of carbonyl (C=O) groups is 2.